The zero-order chi connectivity index (χ0) is 13.8. The molecule has 1 heterocycles. The first kappa shape index (κ1) is 14.9. The van der Waals surface area contributed by atoms with Crippen molar-refractivity contribution in [3.63, 3.8) is 0 Å². The molecule has 0 spiro atoms. The number of carboxylic acid groups (broad SMARTS) is 1. The monoisotopic (exact) mass is 299 g/mol. The number of carbonyl (C=O) groups is 1. The van der Waals surface area contributed by atoms with E-state index in [4.69, 9.17) is 5.11 Å². The van der Waals surface area contributed by atoms with E-state index in [2.05, 4.69) is 11.6 Å². The van der Waals surface area contributed by atoms with Gasteiger partial charge in [0.15, 0.2) is 0 Å². The van der Waals surface area contributed by atoms with E-state index < -0.39 is 5.97 Å². The average molecular weight is 299 g/mol. The summed E-state index contributed by atoms with van der Waals surface area (Å²) in [6.45, 7) is 2.79. The summed E-state index contributed by atoms with van der Waals surface area (Å²) in [7, 11) is 0. The van der Waals surface area contributed by atoms with Gasteiger partial charge in [0.05, 0.1) is 0 Å². The van der Waals surface area contributed by atoms with Gasteiger partial charge in [-0.25, -0.2) is 4.79 Å². The summed E-state index contributed by atoms with van der Waals surface area (Å²) in [6.07, 6.45) is 7.30. The number of nitrogens with one attached hydrogen (secondary N) is 1. The third kappa shape index (κ3) is 3.97. The van der Waals surface area contributed by atoms with E-state index >= 15 is 0 Å². The molecule has 19 heavy (non-hydrogen) atoms. The zero-order valence-electron chi connectivity index (χ0n) is 11.4. The molecule has 0 bridgehead atoms. The van der Waals surface area contributed by atoms with Crippen LogP contribution >= 0.6 is 23.1 Å². The van der Waals surface area contributed by atoms with Crippen molar-refractivity contribution in [1.82, 2.24) is 5.32 Å². The first-order valence-electron chi connectivity index (χ1n) is 6.69. The largest absolute Gasteiger partial charge is 0.477 e. The Kier molecular flexibility index (Phi) is 5.30. The van der Waals surface area contributed by atoms with Gasteiger partial charge in [-0.2, -0.15) is 11.8 Å². The van der Waals surface area contributed by atoms with Gasteiger partial charge in [-0.05, 0) is 44.1 Å². The quantitative estimate of drug-likeness (QED) is 0.873. The second-order valence-electron chi connectivity index (χ2n) is 5.10. The van der Waals surface area contributed by atoms with Crippen LogP contribution in [-0.2, 0) is 6.54 Å². The summed E-state index contributed by atoms with van der Waals surface area (Å²) in [6, 6.07) is 2.39. The maximum atomic E-state index is 10.9. The first-order chi connectivity index (χ1) is 9.10. The fraction of sp³-hybridized carbons (Fsp3) is 0.643. The maximum absolute atomic E-state index is 10.9. The van der Waals surface area contributed by atoms with Crippen LogP contribution in [0.4, 0.5) is 0 Å². The van der Waals surface area contributed by atoms with Crippen LogP contribution in [0.5, 0.6) is 0 Å². The molecule has 0 radical (unpaired) electrons. The Morgan fingerprint density at radius 2 is 2.37 bits per heavy atom. The van der Waals surface area contributed by atoms with E-state index in [0.717, 1.165) is 22.2 Å². The van der Waals surface area contributed by atoms with Crippen molar-refractivity contribution in [1.29, 1.82) is 0 Å². The zero-order valence-corrected chi connectivity index (χ0v) is 13.1. The highest BCUT2D eigenvalue weighted by Crippen LogP contribution is 2.27. The Morgan fingerprint density at radius 1 is 1.58 bits per heavy atom. The van der Waals surface area contributed by atoms with E-state index in [1.54, 1.807) is 0 Å². The number of hydrogen-bond acceptors (Lipinski definition) is 4. The van der Waals surface area contributed by atoms with Gasteiger partial charge in [0.1, 0.15) is 4.88 Å². The van der Waals surface area contributed by atoms with Crippen LogP contribution in [0.3, 0.4) is 0 Å². The van der Waals surface area contributed by atoms with Gasteiger partial charge >= 0.3 is 5.97 Å². The molecule has 5 heteroatoms. The van der Waals surface area contributed by atoms with E-state index in [1.807, 2.05) is 24.8 Å². The molecule has 1 aromatic rings. The summed E-state index contributed by atoms with van der Waals surface area (Å²) in [5.41, 5.74) is 1.13. The number of hydrogen-bond donors (Lipinski definition) is 2. The highest BCUT2D eigenvalue weighted by molar-refractivity contribution is 7.99. The standard InChI is InChI=1S/C14H21NO2S2/c1-9-10(6-13(19-9)14(16)17)8-15-11-4-3-5-12(7-11)18-2/h6,11-12,15H,3-5,7-8H2,1-2H3,(H,16,17). The lowest BCUT2D eigenvalue weighted by atomic mass is 9.95. The van der Waals surface area contributed by atoms with Crippen LogP contribution in [0.15, 0.2) is 6.07 Å². The van der Waals surface area contributed by atoms with Crippen molar-refractivity contribution in [2.75, 3.05) is 6.26 Å². The Morgan fingerprint density at radius 3 is 3.00 bits per heavy atom. The lowest BCUT2D eigenvalue weighted by Crippen LogP contribution is -2.34. The number of thioether (sulfide) groups is 1. The van der Waals surface area contributed by atoms with Crippen LogP contribution in [0.1, 0.15) is 45.8 Å². The van der Waals surface area contributed by atoms with Crippen LogP contribution in [0, 0.1) is 6.92 Å². The Bertz CT molecular complexity index is 445. The lowest BCUT2D eigenvalue weighted by Gasteiger charge is -2.28. The van der Waals surface area contributed by atoms with Gasteiger partial charge in [-0.15, -0.1) is 11.3 Å². The predicted octanol–water partition coefficient (Wildman–Crippen LogP) is 3.52. The van der Waals surface area contributed by atoms with Crippen LogP contribution in [-0.4, -0.2) is 28.6 Å². The minimum atomic E-state index is -0.820. The Hall–Kier alpha value is -0.520. The molecule has 1 saturated carbocycles. The molecule has 2 atom stereocenters. The van der Waals surface area contributed by atoms with Crippen molar-refractivity contribution in [3.05, 3.63) is 21.4 Å². The fourth-order valence-electron chi connectivity index (χ4n) is 2.60. The van der Waals surface area contributed by atoms with Crippen LogP contribution in [0.2, 0.25) is 0 Å². The highest BCUT2D eigenvalue weighted by atomic mass is 32.2. The molecule has 0 aromatic carbocycles. The highest BCUT2D eigenvalue weighted by Gasteiger charge is 2.21. The number of thiophene rings is 1. The Balaban J connectivity index is 1.89. The normalized spacial score (nSPS) is 23.5. The molecule has 0 saturated heterocycles. The Labute approximate surface area is 122 Å². The van der Waals surface area contributed by atoms with E-state index in [9.17, 15) is 4.79 Å². The maximum Gasteiger partial charge on any atom is 0.345 e. The molecule has 3 nitrogen and oxygen atoms in total. The van der Waals surface area contributed by atoms with Gasteiger partial charge in [0.2, 0.25) is 0 Å². The third-order valence-corrected chi connectivity index (χ3v) is 5.95. The summed E-state index contributed by atoms with van der Waals surface area (Å²) in [4.78, 5) is 12.5. The van der Waals surface area contributed by atoms with Crippen molar-refractivity contribution in [2.24, 2.45) is 0 Å². The summed E-state index contributed by atoms with van der Waals surface area (Å²) in [5, 5.41) is 13.4. The first-order valence-corrected chi connectivity index (χ1v) is 8.79. The molecule has 106 valence electrons. The van der Waals surface area contributed by atoms with Gasteiger partial charge in [-0.3, -0.25) is 0 Å². The van der Waals surface area contributed by atoms with Gasteiger partial charge in [0.25, 0.3) is 0 Å². The SMILES string of the molecule is CSC1CCCC(NCc2cc(C(=O)O)sc2C)C1. The van der Waals surface area contributed by atoms with Gasteiger partial charge < -0.3 is 10.4 Å². The summed E-state index contributed by atoms with van der Waals surface area (Å²) < 4.78 is 0. The number of carboxylic acids is 1. The lowest BCUT2D eigenvalue weighted by molar-refractivity contribution is 0.0702. The molecule has 0 aliphatic heterocycles. The van der Waals surface area contributed by atoms with Crippen LogP contribution < -0.4 is 5.32 Å². The summed E-state index contributed by atoms with van der Waals surface area (Å²) in [5.74, 6) is -0.820. The third-order valence-electron chi connectivity index (χ3n) is 3.77. The minimum Gasteiger partial charge on any atom is -0.477 e. The topological polar surface area (TPSA) is 49.3 Å². The molecule has 0 amide bonds. The van der Waals surface area contributed by atoms with Crippen molar-refractivity contribution >= 4 is 29.1 Å². The molecular formula is C14H21NO2S2. The van der Waals surface area contributed by atoms with Gasteiger partial charge in [-0.1, -0.05) is 6.42 Å². The van der Waals surface area contributed by atoms with Crippen molar-refractivity contribution in [2.45, 2.75) is 50.4 Å². The number of rotatable bonds is 5. The van der Waals surface area contributed by atoms with E-state index in [0.29, 0.717) is 10.9 Å². The average Bonchev–Trinajstić information content (AvgIpc) is 2.78. The number of aryl methyl sites for hydroxylation is 1. The van der Waals surface area contributed by atoms with E-state index in [-0.39, 0.29) is 0 Å². The molecule has 2 unspecified atom stereocenters. The fourth-order valence-corrected chi connectivity index (χ4v) is 4.31. The smallest absolute Gasteiger partial charge is 0.345 e. The molecule has 2 rings (SSSR count). The minimum absolute atomic E-state index is 0.444. The van der Waals surface area contributed by atoms with Crippen LogP contribution in [0.25, 0.3) is 0 Å². The number of aromatic carboxylic acids is 1. The molecule has 2 N–H and O–H groups in total. The van der Waals surface area contributed by atoms with E-state index in [1.165, 1.54) is 37.0 Å². The molecule has 1 aromatic heterocycles. The molecule has 1 fully saturated rings. The van der Waals surface area contributed by atoms with Crippen molar-refractivity contribution < 1.29 is 9.90 Å². The summed E-state index contributed by atoms with van der Waals surface area (Å²) >= 11 is 3.34. The predicted molar refractivity (Wildman–Crippen MR) is 82.4 cm³/mol. The molecule has 1 aliphatic rings. The second-order valence-corrected chi connectivity index (χ2v) is 7.49. The molecule has 1 aliphatic carbocycles. The van der Waals surface area contributed by atoms with Crippen molar-refractivity contribution in [3.8, 4) is 0 Å². The second kappa shape index (κ2) is 6.77. The molecular weight excluding hydrogens is 278 g/mol. The van der Waals surface area contributed by atoms with Gasteiger partial charge in [0, 0.05) is 22.7 Å².